The maximum absolute atomic E-state index is 13.2. The van der Waals surface area contributed by atoms with E-state index in [1.54, 1.807) is 0 Å². The molecular formula is C32H26N2O3. The monoisotopic (exact) mass is 486 g/mol. The van der Waals surface area contributed by atoms with Crippen LogP contribution in [0.4, 0.5) is 0 Å². The number of nitrogens with zero attached hydrogens (tertiary/aromatic N) is 2. The fourth-order valence-electron chi connectivity index (χ4n) is 4.53. The summed E-state index contributed by atoms with van der Waals surface area (Å²) in [6.07, 6.45) is 3.77. The van der Waals surface area contributed by atoms with E-state index < -0.39 is 5.97 Å². The number of aryl methyl sites for hydroxylation is 1. The quantitative estimate of drug-likeness (QED) is 0.107. The largest absolute Gasteiger partial charge is 0.341 e. The van der Waals surface area contributed by atoms with Gasteiger partial charge in [0.1, 0.15) is 5.71 Å². The number of allylic oxidation sites excluding steroid dienone is 1. The van der Waals surface area contributed by atoms with Crippen LogP contribution in [-0.2, 0) is 16.2 Å². The van der Waals surface area contributed by atoms with Gasteiger partial charge in [-0.15, -0.1) is 0 Å². The summed E-state index contributed by atoms with van der Waals surface area (Å²) in [5.74, 6) is -0.503. The molecule has 0 saturated carbocycles. The molecule has 1 aromatic heterocycles. The first-order chi connectivity index (χ1) is 18.0. The first-order valence-electron chi connectivity index (χ1n) is 12.2. The van der Waals surface area contributed by atoms with Crippen LogP contribution in [0, 0.1) is 0 Å². The van der Waals surface area contributed by atoms with Crippen molar-refractivity contribution < 1.29 is 14.4 Å². The molecule has 0 amide bonds. The Labute approximate surface area is 215 Å². The van der Waals surface area contributed by atoms with E-state index in [0.29, 0.717) is 16.8 Å². The van der Waals surface area contributed by atoms with Crippen LogP contribution in [0.3, 0.4) is 0 Å². The molecule has 0 unspecified atom stereocenters. The van der Waals surface area contributed by atoms with Crippen molar-refractivity contribution in [2.75, 3.05) is 0 Å². The third kappa shape index (κ3) is 4.98. The lowest BCUT2D eigenvalue weighted by atomic mass is 10.00. The highest BCUT2D eigenvalue weighted by molar-refractivity contribution is 6.17. The summed E-state index contributed by atoms with van der Waals surface area (Å²) < 4.78 is 2.23. The van der Waals surface area contributed by atoms with Crippen LogP contribution in [0.5, 0.6) is 0 Å². The molecule has 0 atom stereocenters. The Kier molecular flexibility index (Phi) is 6.77. The Bertz CT molecular complexity index is 1660. The second-order valence-corrected chi connectivity index (χ2v) is 8.71. The molecule has 4 aromatic carbocycles. The molecule has 0 saturated heterocycles. The van der Waals surface area contributed by atoms with Gasteiger partial charge in [0.05, 0.1) is 0 Å². The Morgan fingerprint density at radius 1 is 0.784 bits per heavy atom. The van der Waals surface area contributed by atoms with Crippen LogP contribution in [-0.4, -0.2) is 22.0 Å². The van der Waals surface area contributed by atoms with Crippen LogP contribution in [0.25, 0.3) is 27.9 Å². The molecule has 0 bridgehead atoms. The number of carbonyl (C=O) groups is 2. The van der Waals surface area contributed by atoms with Crippen molar-refractivity contribution in [3.63, 3.8) is 0 Å². The number of fused-ring (bicyclic) bond motifs is 3. The van der Waals surface area contributed by atoms with E-state index in [2.05, 4.69) is 16.6 Å². The minimum atomic E-state index is -0.488. The standard InChI is InChI=1S/C32H26N2O3/c1-3-34-30-18-15-25(29(33-37-22(2)35)17-14-23-10-6-4-7-11-23)20-27(30)28-21-26(16-19-31(28)34)32(36)24-12-8-5-9-13-24/h4-21H,3H2,1-2H3/b17-14+,33-29+. The van der Waals surface area contributed by atoms with Gasteiger partial charge in [0.2, 0.25) is 0 Å². The molecule has 182 valence electrons. The predicted octanol–water partition coefficient (Wildman–Crippen LogP) is 7.03. The number of oxime groups is 1. The van der Waals surface area contributed by atoms with Gasteiger partial charge in [0.25, 0.3) is 0 Å². The number of ketones is 1. The van der Waals surface area contributed by atoms with Gasteiger partial charge in [-0.3, -0.25) is 4.79 Å². The Morgan fingerprint density at radius 3 is 2.00 bits per heavy atom. The van der Waals surface area contributed by atoms with Gasteiger partial charge in [-0.05, 0) is 48.9 Å². The molecule has 5 nitrogen and oxygen atoms in total. The molecule has 0 N–H and O–H groups in total. The van der Waals surface area contributed by atoms with Crippen molar-refractivity contribution in [2.45, 2.75) is 20.4 Å². The number of rotatable bonds is 7. The maximum Gasteiger partial charge on any atom is 0.332 e. The van der Waals surface area contributed by atoms with Crippen molar-refractivity contribution in [1.29, 1.82) is 0 Å². The highest BCUT2D eigenvalue weighted by Crippen LogP contribution is 2.31. The second-order valence-electron chi connectivity index (χ2n) is 8.71. The second kappa shape index (κ2) is 10.5. The normalized spacial score (nSPS) is 11.9. The topological polar surface area (TPSA) is 60.7 Å². The fraction of sp³-hybridized carbons (Fsp3) is 0.0938. The van der Waals surface area contributed by atoms with Gasteiger partial charge in [-0.1, -0.05) is 78.0 Å². The third-order valence-corrected chi connectivity index (χ3v) is 6.28. The van der Waals surface area contributed by atoms with Crippen LogP contribution in [0.2, 0.25) is 0 Å². The van der Waals surface area contributed by atoms with Crippen molar-refractivity contribution >= 4 is 45.3 Å². The fourth-order valence-corrected chi connectivity index (χ4v) is 4.53. The molecule has 5 rings (SSSR count). The van der Waals surface area contributed by atoms with E-state index in [1.165, 1.54) is 6.92 Å². The molecule has 0 aliphatic carbocycles. The number of carbonyl (C=O) groups excluding carboxylic acids is 2. The number of hydrogen-bond acceptors (Lipinski definition) is 4. The average molecular weight is 487 g/mol. The molecular weight excluding hydrogens is 460 g/mol. The molecule has 0 aliphatic rings. The highest BCUT2D eigenvalue weighted by atomic mass is 16.7. The summed E-state index contributed by atoms with van der Waals surface area (Å²) in [7, 11) is 0. The van der Waals surface area contributed by atoms with Crippen LogP contribution >= 0.6 is 0 Å². The van der Waals surface area contributed by atoms with E-state index in [4.69, 9.17) is 4.84 Å². The van der Waals surface area contributed by atoms with Crippen molar-refractivity contribution in [2.24, 2.45) is 5.16 Å². The lowest BCUT2D eigenvalue weighted by Crippen LogP contribution is -2.01. The minimum absolute atomic E-state index is 0.0149. The smallest absolute Gasteiger partial charge is 0.332 e. The van der Waals surface area contributed by atoms with Crippen molar-refractivity contribution in [3.8, 4) is 0 Å². The Morgan fingerprint density at radius 2 is 1.38 bits per heavy atom. The molecule has 1 heterocycles. The molecule has 5 heteroatoms. The van der Waals surface area contributed by atoms with E-state index in [0.717, 1.165) is 39.5 Å². The predicted molar refractivity (Wildman–Crippen MR) is 149 cm³/mol. The summed E-state index contributed by atoms with van der Waals surface area (Å²) in [5.41, 5.74) is 5.74. The summed E-state index contributed by atoms with van der Waals surface area (Å²) in [6.45, 7) is 4.21. The SMILES string of the molecule is CCn1c2ccc(C(=O)c3ccccc3)cc2c2cc(C(/C=C/c3ccccc3)=N/OC(C)=O)ccc21. The van der Waals surface area contributed by atoms with Crippen molar-refractivity contribution in [1.82, 2.24) is 4.57 Å². The zero-order chi connectivity index (χ0) is 25.8. The van der Waals surface area contributed by atoms with Gasteiger partial charge in [0, 0.05) is 52.0 Å². The molecule has 37 heavy (non-hydrogen) atoms. The van der Waals surface area contributed by atoms with Gasteiger partial charge < -0.3 is 9.40 Å². The maximum atomic E-state index is 13.2. The lowest BCUT2D eigenvalue weighted by molar-refractivity contribution is -0.140. The first kappa shape index (κ1) is 23.9. The summed E-state index contributed by atoms with van der Waals surface area (Å²) in [6, 6.07) is 31.1. The lowest BCUT2D eigenvalue weighted by Gasteiger charge is -2.05. The number of hydrogen-bond donors (Lipinski definition) is 0. The van der Waals surface area contributed by atoms with E-state index in [1.807, 2.05) is 109 Å². The van der Waals surface area contributed by atoms with Gasteiger partial charge in [0.15, 0.2) is 5.78 Å². The van der Waals surface area contributed by atoms with Gasteiger partial charge in [-0.2, -0.15) is 0 Å². The molecule has 0 aliphatic heterocycles. The van der Waals surface area contributed by atoms with Crippen LogP contribution in [0.1, 0.15) is 40.9 Å². The van der Waals surface area contributed by atoms with E-state index in [-0.39, 0.29) is 5.78 Å². The first-order valence-corrected chi connectivity index (χ1v) is 12.2. The average Bonchev–Trinajstić information content (AvgIpc) is 3.25. The zero-order valence-corrected chi connectivity index (χ0v) is 20.7. The van der Waals surface area contributed by atoms with E-state index in [9.17, 15) is 9.59 Å². The third-order valence-electron chi connectivity index (χ3n) is 6.28. The minimum Gasteiger partial charge on any atom is -0.341 e. The summed E-state index contributed by atoms with van der Waals surface area (Å²) >= 11 is 0. The number of benzene rings is 4. The molecule has 0 fully saturated rings. The number of aromatic nitrogens is 1. The molecule has 0 spiro atoms. The summed E-state index contributed by atoms with van der Waals surface area (Å²) in [5, 5.41) is 6.11. The highest BCUT2D eigenvalue weighted by Gasteiger charge is 2.15. The van der Waals surface area contributed by atoms with Crippen LogP contribution in [0.15, 0.2) is 108 Å². The van der Waals surface area contributed by atoms with Crippen LogP contribution < -0.4 is 0 Å². The Balaban J connectivity index is 1.64. The van der Waals surface area contributed by atoms with Crippen molar-refractivity contribution in [3.05, 3.63) is 125 Å². The van der Waals surface area contributed by atoms with Gasteiger partial charge >= 0.3 is 5.97 Å². The van der Waals surface area contributed by atoms with Gasteiger partial charge in [-0.25, -0.2) is 4.79 Å². The Hall–Kier alpha value is -4.77. The summed E-state index contributed by atoms with van der Waals surface area (Å²) in [4.78, 5) is 29.7. The zero-order valence-electron chi connectivity index (χ0n) is 20.7. The van der Waals surface area contributed by atoms with E-state index >= 15 is 0 Å². The molecule has 5 aromatic rings. The molecule has 0 radical (unpaired) electrons.